The number of anilines is 1. The Morgan fingerprint density at radius 1 is 0.897 bits per heavy atom. The van der Waals surface area contributed by atoms with Crippen LogP contribution >= 0.6 is 0 Å². The topological polar surface area (TPSA) is 59.7 Å². The summed E-state index contributed by atoms with van der Waals surface area (Å²) < 4.78 is 16.1. The highest BCUT2D eigenvalue weighted by Crippen LogP contribution is 2.30. The first-order valence-electron chi connectivity index (χ1n) is 9.55. The number of aromatic nitrogens is 5. The van der Waals surface area contributed by atoms with Gasteiger partial charge in [-0.15, -0.1) is 0 Å². The van der Waals surface area contributed by atoms with E-state index in [1.165, 1.54) is 6.07 Å². The zero-order valence-corrected chi connectivity index (χ0v) is 15.7. The SMILES string of the molecule is Fc1ccccc1Cn1nc(-c2ncccn2)c2c1CCN(c1ccccn1)C2. The lowest BCUT2D eigenvalue weighted by Crippen LogP contribution is -2.31. The molecule has 0 atom stereocenters. The fourth-order valence-corrected chi connectivity index (χ4v) is 3.75. The van der Waals surface area contributed by atoms with Gasteiger partial charge < -0.3 is 4.90 Å². The summed E-state index contributed by atoms with van der Waals surface area (Å²) in [6.45, 7) is 1.87. The summed E-state index contributed by atoms with van der Waals surface area (Å²) in [4.78, 5) is 15.5. The summed E-state index contributed by atoms with van der Waals surface area (Å²) in [5, 5.41) is 4.80. The standard InChI is InChI=1S/C22H19FN6/c23-18-7-2-1-6-16(18)14-29-19-9-13-28(20-8-3-4-10-24-20)15-17(19)21(27-29)22-25-11-5-12-26-22/h1-8,10-12H,9,13-15H2. The molecule has 0 fully saturated rings. The molecule has 0 amide bonds. The second-order valence-electron chi connectivity index (χ2n) is 6.95. The van der Waals surface area contributed by atoms with E-state index in [0.717, 1.165) is 35.7 Å². The third-order valence-electron chi connectivity index (χ3n) is 5.16. The van der Waals surface area contributed by atoms with Crippen molar-refractivity contribution in [1.82, 2.24) is 24.7 Å². The Kier molecular flexibility index (Phi) is 4.48. The van der Waals surface area contributed by atoms with Gasteiger partial charge in [0.05, 0.1) is 6.54 Å². The molecule has 0 unspecified atom stereocenters. The first-order valence-corrected chi connectivity index (χ1v) is 9.55. The van der Waals surface area contributed by atoms with E-state index in [-0.39, 0.29) is 5.82 Å². The van der Waals surface area contributed by atoms with Crippen molar-refractivity contribution in [2.75, 3.05) is 11.4 Å². The second-order valence-corrected chi connectivity index (χ2v) is 6.95. The van der Waals surface area contributed by atoms with E-state index < -0.39 is 0 Å². The van der Waals surface area contributed by atoms with Crippen LogP contribution in [0.2, 0.25) is 0 Å². The molecule has 3 aromatic heterocycles. The highest BCUT2D eigenvalue weighted by Gasteiger charge is 2.27. The lowest BCUT2D eigenvalue weighted by atomic mass is 10.0. The van der Waals surface area contributed by atoms with E-state index in [9.17, 15) is 4.39 Å². The molecule has 0 N–H and O–H groups in total. The van der Waals surface area contributed by atoms with Gasteiger partial charge in [0.25, 0.3) is 0 Å². The molecule has 4 aromatic rings. The highest BCUT2D eigenvalue weighted by atomic mass is 19.1. The van der Waals surface area contributed by atoms with Crippen LogP contribution in [0.5, 0.6) is 0 Å². The minimum absolute atomic E-state index is 0.222. The Labute approximate surface area is 167 Å². The van der Waals surface area contributed by atoms with Crippen LogP contribution < -0.4 is 4.90 Å². The first-order chi connectivity index (χ1) is 14.3. The normalized spacial score (nSPS) is 13.3. The molecule has 0 saturated heterocycles. The number of hydrogen-bond donors (Lipinski definition) is 0. The number of nitrogens with zero attached hydrogens (tertiary/aromatic N) is 6. The summed E-state index contributed by atoms with van der Waals surface area (Å²) in [5.74, 6) is 1.29. The van der Waals surface area contributed by atoms with Crippen molar-refractivity contribution in [2.45, 2.75) is 19.5 Å². The predicted octanol–water partition coefficient (Wildman–Crippen LogP) is 3.49. The summed E-state index contributed by atoms with van der Waals surface area (Å²) in [5.41, 5.74) is 3.54. The highest BCUT2D eigenvalue weighted by molar-refractivity contribution is 5.59. The van der Waals surface area contributed by atoms with Crippen LogP contribution in [0.3, 0.4) is 0 Å². The smallest absolute Gasteiger partial charge is 0.180 e. The number of benzene rings is 1. The van der Waals surface area contributed by atoms with Crippen molar-refractivity contribution in [2.24, 2.45) is 0 Å². The molecule has 1 aliphatic rings. The fourth-order valence-electron chi connectivity index (χ4n) is 3.75. The molecule has 0 bridgehead atoms. The van der Waals surface area contributed by atoms with Crippen LogP contribution in [0.25, 0.3) is 11.5 Å². The third kappa shape index (κ3) is 3.35. The molecule has 0 saturated carbocycles. The maximum Gasteiger partial charge on any atom is 0.180 e. The molecule has 0 aliphatic carbocycles. The molecule has 0 radical (unpaired) electrons. The zero-order chi connectivity index (χ0) is 19.6. The van der Waals surface area contributed by atoms with E-state index in [1.807, 2.05) is 28.9 Å². The monoisotopic (exact) mass is 386 g/mol. The van der Waals surface area contributed by atoms with Gasteiger partial charge in [-0.3, -0.25) is 4.68 Å². The Morgan fingerprint density at radius 2 is 1.69 bits per heavy atom. The van der Waals surface area contributed by atoms with Crippen molar-refractivity contribution in [1.29, 1.82) is 0 Å². The van der Waals surface area contributed by atoms with Gasteiger partial charge in [-0.05, 0) is 24.3 Å². The van der Waals surface area contributed by atoms with Crippen LogP contribution in [-0.2, 0) is 19.5 Å². The van der Waals surface area contributed by atoms with Crippen LogP contribution in [0.1, 0.15) is 16.8 Å². The van der Waals surface area contributed by atoms with Crippen LogP contribution in [0.15, 0.2) is 67.1 Å². The van der Waals surface area contributed by atoms with Gasteiger partial charge in [-0.2, -0.15) is 5.10 Å². The summed E-state index contributed by atoms with van der Waals surface area (Å²) in [6, 6.07) is 14.5. The largest absolute Gasteiger partial charge is 0.352 e. The van der Waals surface area contributed by atoms with E-state index >= 15 is 0 Å². The second kappa shape index (κ2) is 7.43. The van der Waals surface area contributed by atoms with Crippen molar-refractivity contribution in [3.63, 3.8) is 0 Å². The number of pyridine rings is 1. The van der Waals surface area contributed by atoms with Gasteiger partial charge in [0.15, 0.2) is 5.82 Å². The Bertz CT molecular complexity index is 1130. The lowest BCUT2D eigenvalue weighted by molar-refractivity contribution is 0.567. The number of fused-ring (bicyclic) bond motifs is 1. The average molecular weight is 386 g/mol. The Morgan fingerprint density at radius 3 is 2.48 bits per heavy atom. The Balaban J connectivity index is 1.57. The predicted molar refractivity (Wildman–Crippen MR) is 108 cm³/mol. The van der Waals surface area contributed by atoms with Crippen molar-refractivity contribution in [3.8, 4) is 11.5 Å². The van der Waals surface area contributed by atoms with Crippen molar-refractivity contribution < 1.29 is 4.39 Å². The molecule has 7 heteroatoms. The molecular weight excluding hydrogens is 367 g/mol. The first kappa shape index (κ1) is 17.5. The van der Waals surface area contributed by atoms with Crippen molar-refractivity contribution >= 4 is 5.82 Å². The van der Waals surface area contributed by atoms with Gasteiger partial charge in [0.2, 0.25) is 0 Å². The van der Waals surface area contributed by atoms with E-state index in [4.69, 9.17) is 5.10 Å². The molecule has 29 heavy (non-hydrogen) atoms. The maximum atomic E-state index is 14.2. The molecule has 1 aliphatic heterocycles. The van der Waals surface area contributed by atoms with E-state index in [2.05, 4.69) is 19.9 Å². The maximum absolute atomic E-state index is 14.2. The average Bonchev–Trinajstić information content (AvgIpc) is 3.14. The molecular formula is C22H19FN6. The summed E-state index contributed by atoms with van der Waals surface area (Å²) >= 11 is 0. The molecule has 0 spiro atoms. The van der Waals surface area contributed by atoms with Crippen LogP contribution in [0.4, 0.5) is 10.2 Å². The van der Waals surface area contributed by atoms with Gasteiger partial charge in [-0.25, -0.2) is 19.3 Å². The molecule has 6 nitrogen and oxygen atoms in total. The number of halogens is 1. The summed E-state index contributed by atoms with van der Waals surface area (Å²) in [6.07, 6.45) is 6.02. The van der Waals surface area contributed by atoms with Gasteiger partial charge in [0, 0.05) is 54.9 Å². The molecule has 4 heterocycles. The van der Waals surface area contributed by atoms with Gasteiger partial charge in [-0.1, -0.05) is 24.3 Å². The van der Waals surface area contributed by atoms with Crippen LogP contribution in [0, 0.1) is 5.82 Å². The lowest BCUT2D eigenvalue weighted by Gasteiger charge is -2.28. The van der Waals surface area contributed by atoms with Gasteiger partial charge >= 0.3 is 0 Å². The molecule has 1 aromatic carbocycles. The molecule has 144 valence electrons. The fraction of sp³-hybridized carbons (Fsp3) is 0.182. The summed E-state index contributed by atoms with van der Waals surface area (Å²) in [7, 11) is 0. The third-order valence-corrected chi connectivity index (χ3v) is 5.16. The van der Waals surface area contributed by atoms with E-state index in [1.54, 1.807) is 36.8 Å². The number of hydrogen-bond acceptors (Lipinski definition) is 5. The molecule has 5 rings (SSSR count). The minimum Gasteiger partial charge on any atom is -0.352 e. The minimum atomic E-state index is -0.222. The van der Waals surface area contributed by atoms with Crippen LogP contribution in [-0.4, -0.2) is 31.3 Å². The zero-order valence-electron chi connectivity index (χ0n) is 15.7. The van der Waals surface area contributed by atoms with Gasteiger partial charge in [0.1, 0.15) is 17.3 Å². The Hall–Kier alpha value is -3.61. The quantitative estimate of drug-likeness (QED) is 0.537. The van der Waals surface area contributed by atoms with E-state index in [0.29, 0.717) is 24.5 Å². The number of rotatable bonds is 4. The van der Waals surface area contributed by atoms with Crippen molar-refractivity contribution in [3.05, 3.63) is 89.8 Å².